The summed E-state index contributed by atoms with van der Waals surface area (Å²) in [5.41, 5.74) is -3.09. The molecular weight excluding hydrogens is 313 g/mol. The first-order chi connectivity index (χ1) is 10.3. The summed E-state index contributed by atoms with van der Waals surface area (Å²) in [5, 5.41) is 9.03. The number of carbonyl (C=O) groups is 1. The zero-order valence-corrected chi connectivity index (χ0v) is 11.0. The Morgan fingerprint density at radius 1 is 1.23 bits per heavy atom. The normalized spacial score (nSPS) is 11.5. The number of nitrogens with zero attached hydrogens (tertiary/aromatic N) is 2. The van der Waals surface area contributed by atoms with E-state index in [2.05, 4.69) is 20.1 Å². The van der Waals surface area contributed by atoms with Gasteiger partial charge in [0.1, 0.15) is 22.9 Å². The van der Waals surface area contributed by atoms with E-state index in [1.165, 1.54) is 6.92 Å². The Morgan fingerprint density at radius 2 is 1.82 bits per heavy atom. The standard InChI is InChI=1S/C12H8F5N3O2/c1-2-22-11(21)10-9(18-20-19-10)5-3-6(13)8(7(14)4-5)12(15,16)17/h3-4H,2H2,1H3,(H,18,19,20). The lowest BCUT2D eigenvalue weighted by Crippen LogP contribution is -2.12. The van der Waals surface area contributed by atoms with Gasteiger partial charge in [0, 0.05) is 5.56 Å². The van der Waals surface area contributed by atoms with Gasteiger partial charge in [0.05, 0.1) is 6.61 Å². The summed E-state index contributed by atoms with van der Waals surface area (Å²) < 4.78 is 69.3. The van der Waals surface area contributed by atoms with Crippen LogP contribution in [0.3, 0.4) is 0 Å². The quantitative estimate of drug-likeness (QED) is 0.697. The van der Waals surface area contributed by atoms with E-state index in [-0.39, 0.29) is 23.6 Å². The van der Waals surface area contributed by atoms with Crippen LogP contribution in [0.25, 0.3) is 11.3 Å². The summed E-state index contributed by atoms with van der Waals surface area (Å²) in [6.45, 7) is 1.54. The molecule has 0 amide bonds. The summed E-state index contributed by atoms with van der Waals surface area (Å²) in [5.74, 6) is -4.56. The van der Waals surface area contributed by atoms with Crippen LogP contribution >= 0.6 is 0 Å². The number of aromatic nitrogens is 3. The van der Waals surface area contributed by atoms with Crippen LogP contribution in [0, 0.1) is 11.6 Å². The first-order valence-corrected chi connectivity index (χ1v) is 5.90. The molecule has 10 heteroatoms. The number of aromatic amines is 1. The van der Waals surface area contributed by atoms with Gasteiger partial charge in [-0.3, -0.25) is 0 Å². The zero-order chi connectivity index (χ0) is 16.5. The van der Waals surface area contributed by atoms with Crippen molar-refractivity contribution in [2.45, 2.75) is 13.1 Å². The molecule has 1 heterocycles. The first-order valence-electron chi connectivity index (χ1n) is 5.90. The molecule has 118 valence electrons. The van der Waals surface area contributed by atoms with E-state index < -0.39 is 29.3 Å². The number of alkyl halides is 3. The van der Waals surface area contributed by atoms with Crippen LogP contribution in [0.15, 0.2) is 12.1 Å². The number of halogens is 5. The van der Waals surface area contributed by atoms with Gasteiger partial charge >= 0.3 is 12.1 Å². The van der Waals surface area contributed by atoms with Crippen LogP contribution in [-0.4, -0.2) is 28.0 Å². The van der Waals surface area contributed by atoms with Crippen LogP contribution in [0.5, 0.6) is 0 Å². The van der Waals surface area contributed by atoms with Gasteiger partial charge in [-0.05, 0) is 19.1 Å². The number of H-pyrrole nitrogens is 1. The molecule has 0 fully saturated rings. The Balaban J connectivity index is 2.52. The molecule has 0 radical (unpaired) electrons. The van der Waals surface area contributed by atoms with Gasteiger partial charge in [0.2, 0.25) is 0 Å². The van der Waals surface area contributed by atoms with E-state index in [1.807, 2.05) is 0 Å². The minimum Gasteiger partial charge on any atom is -0.461 e. The predicted octanol–water partition coefficient (Wildman–Crippen LogP) is 2.95. The molecule has 0 aliphatic carbocycles. The molecule has 0 aliphatic heterocycles. The van der Waals surface area contributed by atoms with Gasteiger partial charge in [-0.25, -0.2) is 13.6 Å². The molecule has 1 N–H and O–H groups in total. The van der Waals surface area contributed by atoms with Crippen molar-refractivity contribution < 1.29 is 31.5 Å². The fourth-order valence-electron chi connectivity index (χ4n) is 1.75. The van der Waals surface area contributed by atoms with E-state index in [4.69, 9.17) is 0 Å². The summed E-state index contributed by atoms with van der Waals surface area (Å²) >= 11 is 0. The number of nitrogens with one attached hydrogen (secondary N) is 1. The maximum atomic E-state index is 13.5. The van der Waals surface area contributed by atoms with Gasteiger partial charge in [-0.2, -0.15) is 23.5 Å². The number of carbonyl (C=O) groups excluding carboxylic acids is 1. The second-order valence-electron chi connectivity index (χ2n) is 4.05. The second-order valence-corrected chi connectivity index (χ2v) is 4.05. The van der Waals surface area contributed by atoms with Crippen molar-refractivity contribution in [3.63, 3.8) is 0 Å². The van der Waals surface area contributed by atoms with Crippen LogP contribution in [0.4, 0.5) is 22.0 Å². The monoisotopic (exact) mass is 321 g/mol. The van der Waals surface area contributed by atoms with E-state index in [1.54, 1.807) is 0 Å². The van der Waals surface area contributed by atoms with Crippen LogP contribution in [-0.2, 0) is 10.9 Å². The number of rotatable bonds is 3. The Labute approximate surface area is 120 Å². The third-order valence-electron chi connectivity index (χ3n) is 2.62. The SMILES string of the molecule is CCOC(=O)c1n[nH]nc1-c1cc(F)c(C(F)(F)F)c(F)c1. The van der Waals surface area contributed by atoms with Crippen LogP contribution in [0.2, 0.25) is 0 Å². The lowest BCUT2D eigenvalue weighted by Gasteiger charge is -2.10. The third kappa shape index (κ3) is 2.90. The Morgan fingerprint density at radius 3 is 2.32 bits per heavy atom. The average molecular weight is 321 g/mol. The molecule has 0 aliphatic rings. The summed E-state index contributed by atoms with van der Waals surface area (Å²) in [6, 6.07) is 0.846. The van der Waals surface area contributed by atoms with Gasteiger partial charge < -0.3 is 4.74 Å². The molecule has 0 saturated heterocycles. The highest BCUT2D eigenvalue weighted by Crippen LogP contribution is 2.35. The van der Waals surface area contributed by atoms with Gasteiger partial charge in [0.25, 0.3) is 0 Å². The molecule has 0 saturated carbocycles. The van der Waals surface area contributed by atoms with Gasteiger partial charge in [0.15, 0.2) is 5.69 Å². The van der Waals surface area contributed by atoms with Crippen LogP contribution < -0.4 is 0 Å². The lowest BCUT2D eigenvalue weighted by atomic mass is 10.1. The fraction of sp³-hybridized carbons (Fsp3) is 0.250. The van der Waals surface area contributed by atoms with Crippen molar-refractivity contribution in [1.29, 1.82) is 0 Å². The number of ether oxygens (including phenoxy) is 1. The highest BCUT2D eigenvalue weighted by Gasteiger charge is 2.38. The highest BCUT2D eigenvalue weighted by molar-refractivity contribution is 5.93. The van der Waals surface area contributed by atoms with Crippen molar-refractivity contribution in [3.05, 3.63) is 35.0 Å². The molecule has 0 unspecified atom stereocenters. The summed E-state index contributed by atoms with van der Waals surface area (Å²) in [4.78, 5) is 11.6. The molecule has 2 rings (SSSR count). The average Bonchev–Trinajstić information content (AvgIpc) is 2.85. The largest absolute Gasteiger partial charge is 0.461 e. The molecule has 0 spiro atoms. The topological polar surface area (TPSA) is 67.9 Å². The Bertz CT molecular complexity index is 688. The minimum atomic E-state index is -5.18. The van der Waals surface area contributed by atoms with Crippen LogP contribution in [0.1, 0.15) is 23.0 Å². The lowest BCUT2D eigenvalue weighted by molar-refractivity contribution is -0.142. The fourth-order valence-corrected chi connectivity index (χ4v) is 1.75. The molecule has 1 aromatic carbocycles. The first kappa shape index (κ1) is 15.9. The van der Waals surface area contributed by atoms with Crippen molar-refractivity contribution in [3.8, 4) is 11.3 Å². The minimum absolute atomic E-state index is 0.0147. The number of hydrogen-bond acceptors (Lipinski definition) is 4. The van der Waals surface area contributed by atoms with Crippen molar-refractivity contribution >= 4 is 5.97 Å². The predicted molar refractivity (Wildman–Crippen MR) is 62.7 cm³/mol. The number of esters is 1. The summed E-state index contributed by atoms with van der Waals surface area (Å²) in [6.07, 6.45) is -5.18. The van der Waals surface area contributed by atoms with Crippen molar-refractivity contribution in [1.82, 2.24) is 15.4 Å². The third-order valence-corrected chi connectivity index (χ3v) is 2.62. The maximum absolute atomic E-state index is 13.5. The van der Waals surface area contributed by atoms with Gasteiger partial charge in [-0.1, -0.05) is 0 Å². The van der Waals surface area contributed by atoms with Crippen molar-refractivity contribution in [2.75, 3.05) is 6.61 Å². The van der Waals surface area contributed by atoms with E-state index >= 15 is 0 Å². The number of hydrogen-bond donors (Lipinski definition) is 1. The number of benzene rings is 1. The van der Waals surface area contributed by atoms with Crippen molar-refractivity contribution in [2.24, 2.45) is 0 Å². The molecule has 2 aromatic rings. The second kappa shape index (κ2) is 5.70. The molecule has 1 aromatic heterocycles. The van der Waals surface area contributed by atoms with E-state index in [0.29, 0.717) is 12.1 Å². The smallest absolute Gasteiger partial charge is 0.422 e. The zero-order valence-electron chi connectivity index (χ0n) is 11.0. The van der Waals surface area contributed by atoms with E-state index in [0.717, 1.165) is 0 Å². The van der Waals surface area contributed by atoms with Gasteiger partial charge in [-0.15, -0.1) is 5.10 Å². The molecule has 0 bridgehead atoms. The molecule has 5 nitrogen and oxygen atoms in total. The summed E-state index contributed by atoms with van der Waals surface area (Å²) in [7, 11) is 0. The Hall–Kier alpha value is -2.52. The molecule has 0 atom stereocenters. The molecule has 22 heavy (non-hydrogen) atoms. The molecular formula is C12H8F5N3O2. The Kier molecular flexibility index (Phi) is 4.11. The highest BCUT2D eigenvalue weighted by atomic mass is 19.4. The van der Waals surface area contributed by atoms with E-state index in [9.17, 15) is 26.7 Å². The maximum Gasteiger partial charge on any atom is 0.422 e.